The summed E-state index contributed by atoms with van der Waals surface area (Å²) in [5.74, 6) is -0.249. The minimum atomic E-state index is -0.249. The molecule has 0 aliphatic carbocycles. The van der Waals surface area contributed by atoms with Crippen molar-refractivity contribution >= 4 is 23.1 Å². The Morgan fingerprint density at radius 2 is 2.22 bits per heavy atom. The minimum absolute atomic E-state index is 0.249. The number of aromatic nitrogens is 2. The summed E-state index contributed by atoms with van der Waals surface area (Å²) in [5.41, 5.74) is 2.64. The smallest absolute Gasteiger partial charge is 0.269 e. The normalized spacial score (nSPS) is 9.83. The van der Waals surface area contributed by atoms with E-state index in [1.807, 2.05) is 13.0 Å². The van der Waals surface area contributed by atoms with Crippen LogP contribution in [0.25, 0.3) is 0 Å². The van der Waals surface area contributed by atoms with E-state index in [1.165, 1.54) is 0 Å². The van der Waals surface area contributed by atoms with E-state index < -0.39 is 0 Å². The molecule has 1 amide bonds. The number of rotatable bonds is 2. The third-order valence-electron chi connectivity index (χ3n) is 2.47. The van der Waals surface area contributed by atoms with Gasteiger partial charge in [0, 0.05) is 5.69 Å². The number of aryl methyl sites for hydroxylation is 2. The lowest BCUT2D eigenvalue weighted by Crippen LogP contribution is -2.12. The molecular weight excluding hydrogens is 248 g/mol. The quantitative estimate of drug-likeness (QED) is 0.896. The topological polar surface area (TPSA) is 78.7 Å². The maximum absolute atomic E-state index is 12.0. The van der Waals surface area contributed by atoms with E-state index in [1.54, 1.807) is 25.1 Å². The third-order valence-corrected chi connectivity index (χ3v) is 3.30. The fourth-order valence-electron chi connectivity index (χ4n) is 1.45. The van der Waals surface area contributed by atoms with Gasteiger partial charge in [0.2, 0.25) is 0 Å². The van der Waals surface area contributed by atoms with E-state index in [2.05, 4.69) is 14.9 Å². The lowest BCUT2D eigenvalue weighted by atomic mass is 10.1. The van der Waals surface area contributed by atoms with Crippen LogP contribution in [0.15, 0.2) is 18.2 Å². The second-order valence-electron chi connectivity index (χ2n) is 3.78. The molecule has 6 heteroatoms. The molecular formula is C12H10N4OS. The van der Waals surface area contributed by atoms with Gasteiger partial charge in [-0.1, -0.05) is 10.6 Å². The Hall–Kier alpha value is -2.26. The molecule has 1 heterocycles. The van der Waals surface area contributed by atoms with Crippen LogP contribution in [0.5, 0.6) is 0 Å². The van der Waals surface area contributed by atoms with Gasteiger partial charge in [-0.05, 0) is 43.1 Å². The number of carbonyl (C=O) groups is 1. The van der Waals surface area contributed by atoms with Crippen molar-refractivity contribution in [3.05, 3.63) is 39.9 Å². The number of amides is 1. The van der Waals surface area contributed by atoms with E-state index in [0.717, 1.165) is 17.1 Å². The predicted octanol–water partition coefficient (Wildman–Crippen LogP) is 2.28. The molecule has 0 bridgehead atoms. The van der Waals surface area contributed by atoms with Crippen molar-refractivity contribution in [1.82, 2.24) is 9.59 Å². The molecule has 5 nitrogen and oxygen atoms in total. The van der Waals surface area contributed by atoms with Gasteiger partial charge in [0.1, 0.15) is 4.88 Å². The molecule has 0 spiro atoms. The van der Waals surface area contributed by atoms with Crippen LogP contribution in [0, 0.1) is 25.2 Å². The molecule has 0 atom stereocenters. The number of carbonyl (C=O) groups excluding carboxylic acids is 1. The lowest BCUT2D eigenvalue weighted by Gasteiger charge is -2.07. The van der Waals surface area contributed by atoms with E-state index in [4.69, 9.17) is 5.26 Å². The third kappa shape index (κ3) is 2.36. The zero-order chi connectivity index (χ0) is 13.1. The first kappa shape index (κ1) is 12.2. The highest BCUT2D eigenvalue weighted by atomic mass is 32.1. The van der Waals surface area contributed by atoms with Gasteiger partial charge in [0.15, 0.2) is 0 Å². The summed E-state index contributed by atoms with van der Waals surface area (Å²) in [6, 6.07) is 7.20. The number of anilines is 1. The molecule has 0 fully saturated rings. The van der Waals surface area contributed by atoms with Crippen molar-refractivity contribution in [3.8, 4) is 6.07 Å². The van der Waals surface area contributed by atoms with Crippen LogP contribution in [0.4, 0.5) is 5.69 Å². The SMILES string of the molecule is Cc1ccc(C#N)cc1NC(=O)c1snnc1C. The van der Waals surface area contributed by atoms with Gasteiger partial charge in [0.25, 0.3) is 5.91 Å². The Morgan fingerprint density at radius 3 is 2.83 bits per heavy atom. The summed E-state index contributed by atoms with van der Waals surface area (Å²) in [4.78, 5) is 12.5. The monoisotopic (exact) mass is 258 g/mol. The summed E-state index contributed by atoms with van der Waals surface area (Å²) in [6.07, 6.45) is 0. The molecule has 1 aromatic carbocycles. The number of nitrogens with one attached hydrogen (secondary N) is 1. The Balaban J connectivity index is 2.27. The molecule has 0 radical (unpaired) electrons. The maximum atomic E-state index is 12.0. The van der Waals surface area contributed by atoms with Crippen molar-refractivity contribution < 1.29 is 4.79 Å². The first-order chi connectivity index (χ1) is 8.61. The summed E-state index contributed by atoms with van der Waals surface area (Å²) in [6.45, 7) is 3.60. The van der Waals surface area contributed by atoms with Gasteiger partial charge in [-0.25, -0.2) is 0 Å². The minimum Gasteiger partial charge on any atom is -0.321 e. The molecule has 90 valence electrons. The molecule has 2 aromatic rings. The van der Waals surface area contributed by atoms with Crippen LogP contribution >= 0.6 is 11.5 Å². The zero-order valence-corrected chi connectivity index (χ0v) is 10.7. The van der Waals surface area contributed by atoms with Crippen LogP contribution < -0.4 is 5.32 Å². The summed E-state index contributed by atoms with van der Waals surface area (Å²) in [5, 5.41) is 15.4. The van der Waals surface area contributed by atoms with Gasteiger partial charge in [0.05, 0.1) is 17.3 Å². The molecule has 0 saturated heterocycles. The lowest BCUT2D eigenvalue weighted by molar-refractivity contribution is 0.102. The van der Waals surface area contributed by atoms with E-state index in [-0.39, 0.29) is 5.91 Å². The highest BCUT2D eigenvalue weighted by Gasteiger charge is 2.14. The number of benzene rings is 1. The van der Waals surface area contributed by atoms with Crippen LogP contribution in [0.3, 0.4) is 0 Å². The number of nitriles is 1. The average molecular weight is 258 g/mol. The molecule has 1 aromatic heterocycles. The number of nitrogens with zero attached hydrogens (tertiary/aromatic N) is 3. The highest BCUT2D eigenvalue weighted by Crippen LogP contribution is 2.19. The van der Waals surface area contributed by atoms with Crippen LogP contribution in [-0.4, -0.2) is 15.5 Å². The summed E-state index contributed by atoms with van der Waals surface area (Å²) >= 11 is 1.05. The molecule has 0 aliphatic heterocycles. The van der Waals surface area contributed by atoms with Gasteiger partial charge in [-0.15, -0.1) is 5.10 Å². The van der Waals surface area contributed by atoms with E-state index >= 15 is 0 Å². The standard InChI is InChI=1S/C12H10N4OS/c1-7-3-4-9(6-13)5-10(7)14-12(17)11-8(2)15-16-18-11/h3-5H,1-2H3,(H,14,17). The molecule has 0 aliphatic rings. The van der Waals surface area contributed by atoms with Gasteiger partial charge in [-0.2, -0.15) is 5.26 Å². The van der Waals surface area contributed by atoms with Gasteiger partial charge < -0.3 is 5.32 Å². The zero-order valence-electron chi connectivity index (χ0n) is 9.89. The first-order valence-corrected chi connectivity index (χ1v) is 6.00. The predicted molar refractivity (Wildman–Crippen MR) is 68.5 cm³/mol. The fourth-order valence-corrected chi connectivity index (χ4v) is 2.00. The van der Waals surface area contributed by atoms with Crippen molar-refractivity contribution in [2.24, 2.45) is 0 Å². The van der Waals surface area contributed by atoms with Crippen LogP contribution in [-0.2, 0) is 0 Å². The molecule has 0 saturated carbocycles. The molecule has 2 rings (SSSR count). The Bertz CT molecular complexity index is 642. The molecule has 1 N–H and O–H groups in total. The second-order valence-corrected chi connectivity index (χ2v) is 4.54. The molecule has 0 unspecified atom stereocenters. The Kier molecular flexibility index (Phi) is 3.35. The van der Waals surface area contributed by atoms with Crippen molar-refractivity contribution in [3.63, 3.8) is 0 Å². The van der Waals surface area contributed by atoms with Gasteiger partial charge in [-0.3, -0.25) is 4.79 Å². The molecule has 18 heavy (non-hydrogen) atoms. The van der Waals surface area contributed by atoms with Crippen molar-refractivity contribution in [2.45, 2.75) is 13.8 Å². The first-order valence-electron chi connectivity index (χ1n) is 5.23. The van der Waals surface area contributed by atoms with Crippen molar-refractivity contribution in [2.75, 3.05) is 5.32 Å². The van der Waals surface area contributed by atoms with Crippen molar-refractivity contribution in [1.29, 1.82) is 5.26 Å². The maximum Gasteiger partial charge on any atom is 0.269 e. The fraction of sp³-hybridized carbons (Fsp3) is 0.167. The van der Waals surface area contributed by atoms with Gasteiger partial charge >= 0.3 is 0 Å². The number of hydrogen-bond donors (Lipinski definition) is 1. The summed E-state index contributed by atoms with van der Waals surface area (Å²) < 4.78 is 3.72. The average Bonchev–Trinajstić information content (AvgIpc) is 2.78. The van der Waals surface area contributed by atoms with Crippen LogP contribution in [0.1, 0.15) is 26.5 Å². The second kappa shape index (κ2) is 4.94. The van der Waals surface area contributed by atoms with Crippen LogP contribution in [0.2, 0.25) is 0 Å². The highest BCUT2D eigenvalue weighted by molar-refractivity contribution is 7.08. The van der Waals surface area contributed by atoms with E-state index in [9.17, 15) is 4.79 Å². The Morgan fingerprint density at radius 1 is 1.44 bits per heavy atom. The summed E-state index contributed by atoms with van der Waals surface area (Å²) in [7, 11) is 0. The number of hydrogen-bond acceptors (Lipinski definition) is 5. The largest absolute Gasteiger partial charge is 0.321 e. The van der Waals surface area contributed by atoms with E-state index in [0.29, 0.717) is 21.8 Å². The Labute approximate surface area is 108 Å².